The Balaban J connectivity index is 1.89. The van der Waals surface area contributed by atoms with Crippen LogP contribution in [0.15, 0.2) is 42.5 Å². The fourth-order valence-corrected chi connectivity index (χ4v) is 2.28. The number of carbonyl (C=O) groups excluding carboxylic acids is 1. The summed E-state index contributed by atoms with van der Waals surface area (Å²) in [7, 11) is 0. The highest BCUT2D eigenvalue weighted by molar-refractivity contribution is 6.31. The first-order valence-electron chi connectivity index (χ1n) is 6.79. The van der Waals surface area contributed by atoms with Crippen LogP contribution in [0.4, 0.5) is 10.1 Å². The van der Waals surface area contributed by atoms with Crippen LogP contribution in [0.1, 0.15) is 18.5 Å². The van der Waals surface area contributed by atoms with Gasteiger partial charge in [-0.05, 0) is 37.3 Å². The summed E-state index contributed by atoms with van der Waals surface area (Å²) in [6, 6.07) is 11.6. The quantitative estimate of drug-likeness (QED) is 0.860. The normalized spacial score (nSPS) is 12.0. The lowest BCUT2D eigenvalue weighted by Crippen LogP contribution is -2.86. The molecule has 0 aliphatic rings. The first-order valence-corrected chi connectivity index (χ1v) is 7.55. The molecule has 2 aromatic rings. The van der Waals surface area contributed by atoms with E-state index in [2.05, 4.69) is 5.32 Å². The molecule has 0 saturated heterocycles. The largest absolute Gasteiger partial charge is 0.333 e. The molecule has 0 unspecified atom stereocenters. The average Bonchev–Trinajstić information content (AvgIpc) is 2.49. The molecule has 0 heterocycles. The fraction of sp³-hybridized carbons (Fsp3) is 0.188. The van der Waals surface area contributed by atoms with Crippen molar-refractivity contribution in [3.8, 4) is 0 Å². The van der Waals surface area contributed by atoms with Crippen LogP contribution < -0.4 is 10.6 Å². The van der Waals surface area contributed by atoms with E-state index >= 15 is 0 Å². The number of amides is 1. The monoisotopic (exact) mass is 341 g/mol. The van der Waals surface area contributed by atoms with Crippen LogP contribution in [0.25, 0.3) is 0 Å². The highest BCUT2D eigenvalue weighted by Crippen LogP contribution is 2.19. The molecule has 0 bridgehead atoms. The summed E-state index contributed by atoms with van der Waals surface area (Å²) in [4.78, 5) is 11.9. The van der Waals surface area contributed by atoms with E-state index in [0.717, 1.165) is 5.56 Å². The number of benzene rings is 2. The molecule has 0 saturated carbocycles. The van der Waals surface area contributed by atoms with Gasteiger partial charge in [0.05, 0.1) is 5.69 Å². The van der Waals surface area contributed by atoms with Crippen molar-refractivity contribution in [2.24, 2.45) is 0 Å². The summed E-state index contributed by atoms with van der Waals surface area (Å²) in [6.45, 7) is 2.16. The minimum atomic E-state index is -0.511. The Morgan fingerprint density at radius 2 is 1.82 bits per heavy atom. The van der Waals surface area contributed by atoms with Crippen molar-refractivity contribution in [3.05, 3.63) is 63.9 Å². The van der Waals surface area contributed by atoms with Gasteiger partial charge in [-0.1, -0.05) is 35.3 Å². The molecule has 0 aromatic heterocycles. The highest BCUT2D eigenvalue weighted by atomic mass is 35.5. The minimum Gasteiger partial charge on any atom is -0.333 e. The molecule has 0 fully saturated rings. The van der Waals surface area contributed by atoms with Crippen LogP contribution >= 0.6 is 23.2 Å². The molecule has 116 valence electrons. The topological polar surface area (TPSA) is 45.7 Å². The number of halogens is 3. The van der Waals surface area contributed by atoms with Gasteiger partial charge < -0.3 is 10.6 Å². The molecule has 0 spiro atoms. The van der Waals surface area contributed by atoms with E-state index in [1.165, 1.54) is 18.2 Å². The molecule has 1 atom stereocenters. The van der Waals surface area contributed by atoms with Gasteiger partial charge >= 0.3 is 0 Å². The highest BCUT2D eigenvalue weighted by Gasteiger charge is 2.13. The van der Waals surface area contributed by atoms with Crippen LogP contribution in [0, 0.1) is 5.82 Å². The Hall–Kier alpha value is -1.62. The number of hydrogen-bond donors (Lipinski definition) is 2. The number of quaternary nitrogens is 1. The van der Waals surface area contributed by atoms with Crippen molar-refractivity contribution in [2.75, 3.05) is 11.9 Å². The van der Waals surface area contributed by atoms with Crippen LogP contribution in [0.5, 0.6) is 0 Å². The number of nitrogens with one attached hydrogen (secondary N) is 1. The van der Waals surface area contributed by atoms with Crippen molar-refractivity contribution >= 4 is 34.8 Å². The zero-order valence-electron chi connectivity index (χ0n) is 11.9. The Morgan fingerprint density at radius 1 is 1.18 bits per heavy atom. The van der Waals surface area contributed by atoms with E-state index in [-0.39, 0.29) is 24.2 Å². The summed E-state index contributed by atoms with van der Waals surface area (Å²) >= 11 is 11.6. The van der Waals surface area contributed by atoms with Crippen LogP contribution in [-0.4, -0.2) is 12.5 Å². The van der Waals surface area contributed by atoms with Gasteiger partial charge in [0.25, 0.3) is 5.91 Å². The summed E-state index contributed by atoms with van der Waals surface area (Å²) in [5.74, 6) is -0.800. The molecule has 0 radical (unpaired) electrons. The van der Waals surface area contributed by atoms with Crippen molar-refractivity contribution < 1.29 is 14.5 Å². The molecule has 6 heteroatoms. The van der Waals surface area contributed by atoms with Crippen LogP contribution in [-0.2, 0) is 4.79 Å². The Labute approximate surface area is 138 Å². The van der Waals surface area contributed by atoms with Crippen LogP contribution in [0.3, 0.4) is 0 Å². The molecule has 0 aliphatic heterocycles. The minimum absolute atomic E-state index is 0.0880. The zero-order valence-corrected chi connectivity index (χ0v) is 13.5. The number of anilines is 1. The van der Waals surface area contributed by atoms with Gasteiger partial charge in [-0.2, -0.15) is 0 Å². The molecule has 22 heavy (non-hydrogen) atoms. The maximum Gasteiger partial charge on any atom is 0.279 e. The Kier molecular flexibility index (Phi) is 5.77. The summed E-state index contributed by atoms with van der Waals surface area (Å²) in [6.07, 6.45) is 0. The number of nitrogens with two attached hydrogens (primary N) is 1. The lowest BCUT2D eigenvalue weighted by atomic mass is 10.1. The van der Waals surface area contributed by atoms with Crippen molar-refractivity contribution in [1.82, 2.24) is 0 Å². The predicted octanol–water partition coefficient (Wildman–Crippen LogP) is 3.40. The Bertz CT molecular complexity index is 662. The molecule has 2 rings (SSSR count). The van der Waals surface area contributed by atoms with E-state index in [1.54, 1.807) is 0 Å². The van der Waals surface area contributed by atoms with E-state index in [9.17, 15) is 9.18 Å². The number of rotatable bonds is 5. The molecule has 2 aromatic carbocycles. The van der Waals surface area contributed by atoms with Crippen molar-refractivity contribution in [2.45, 2.75) is 13.0 Å². The molecular formula is C16H16Cl2FN2O+. The summed E-state index contributed by atoms with van der Waals surface area (Å²) in [5.41, 5.74) is 1.15. The Morgan fingerprint density at radius 3 is 2.50 bits per heavy atom. The maximum absolute atomic E-state index is 13.5. The third-order valence-corrected chi connectivity index (χ3v) is 3.74. The van der Waals surface area contributed by atoms with Gasteiger partial charge in [0.2, 0.25) is 0 Å². The first-order chi connectivity index (χ1) is 10.5. The van der Waals surface area contributed by atoms with Gasteiger partial charge in [0, 0.05) is 15.6 Å². The predicted molar refractivity (Wildman–Crippen MR) is 86.7 cm³/mol. The van der Waals surface area contributed by atoms with E-state index in [0.29, 0.717) is 10.0 Å². The van der Waals surface area contributed by atoms with Gasteiger partial charge in [-0.25, -0.2) is 4.39 Å². The van der Waals surface area contributed by atoms with Gasteiger partial charge in [0.15, 0.2) is 6.54 Å². The van der Waals surface area contributed by atoms with Crippen molar-refractivity contribution in [1.29, 1.82) is 0 Å². The zero-order chi connectivity index (χ0) is 16.1. The van der Waals surface area contributed by atoms with E-state index in [4.69, 9.17) is 23.2 Å². The second-order valence-electron chi connectivity index (χ2n) is 4.95. The third-order valence-electron chi connectivity index (χ3n) is 3.26. The van der Waals surface area contributed by atoms with E-state index < -0.39 is 5.82 Å². The second kappa shape index (κ2) is 7.58. The van der Waals surface area contributed by atoms with Crippen LogP contribution in [0.2, 0.25) is 10.0 Å². The van der Waals surface area contributed by atoms with Gasteiger partial charge in [-0.15, -0.1) is 0 Å². The molecular weight excluding hydrogens is 326 g/mol. The lowest BCUT2D eigenvalue weighted by Gasteiger charge is -2.11. The SMILES string of the molecule is C[C@H]([NH2+]CC(=O)Nc1cc(Cl)ccc1F)c1ccc(Cl)cc1. The molecule has 1 amide bonds. The number of hydrogen-bond acceptors (Lipinski definition) is 1. The van der Waals surface area contributed by atoms with Gasteiger partial charge in [-0.3, -0.25) is 4.79 Å². The summed E-state index contributed by atoms with van der Waals surface area (Å²) < 4.78 is 13.5. The number of carbonyl (C=O) groups is 1. The smallest absolute Gasteiger partial charge is 0.279 e. The fourth-order valence-electron chi connectivity index (χ4n) is 1.98. The standard InChI is InChI=1S/C16H15Cl2FN2O/c1-10(11-2-4-12(17)5-3-11)20-9-16(22)21-15-8-13(18)6-7-14(15)19/h2-8,10,20H,9H2,1H3,(H,21,22)/p+1/t10-/m0/s1. The molecule has 3 N–H and O–H groups in total. The lowest BCUT2D eigenvalue weighted by molar-refractivity contribution is -0.682. The first kappa shape index (κ1) is 16.7. The van der Waals surface area contributed by atoms with Gasteiger partial charge in [0.1, 0.15) is 11.9 Å². The maximum atomic E-state index is 13.5. The third kappa shape index (κ3) is 4.70. The summed E-state index contributed by atoms with van der Waals surface area (Å²) in [5, 5.41) is 5.42. The molecule has 0 aliphatic carbocycles. The average molecular weight is 342 g/mol. The second-order valence-corrected chi connectivity index (χ2v) is 5.83. The van der Waals surface area contributed by atoms with Crippen molar-refractivity contribution in [3.63, 3.8) is 0 Å². The van der Waals surface area contributed by atoms with E-state index in [1.807, 2.05) is 36.5 Å². The molecule has 3 nitrogen and oxygen atoms in total.